The van der Waals surface area contributed by atoms with Crippen LogP contribution in [0.3, 0.4) is 0 Å². The minimum absolute atomic E-state index is 0.0989. The molecule has 0 aliphatic heterocycles. The highest BCUT2D eigenvalue weighted by Gasteiger charge is 2.63. The molecular weight excluding hydrogens is 380 g/mol. The van der Waals surface area contributed by atoms with Gasteiger partial charge in [0.15, 0.2) is 0 Å². The van der Waals surface area contributed by atoms with E-state index >= 15 is 0 Å². The van der Waals surface area contributed by atoms with Crippen LogP contribution in [0.4, 0.5) is 23.2 Å². The molecule has 1 atom stereocenters. The van der Waals surface area contributed by atoms with E-state index in [2.05, 4.69) is 4.74 Å². The number of carbonyl (C=O) groups is 2. The summed E-state index contributed by atoms with van der Waals surface area (Å²) in [6, 6.07) is 10.2. The van der Waals surface area contributed by atoms with Crippen molar-refractivity contribution in [3.8, 4) is 0 Å². The Bertz CT molecular complexity index is 856. The molecule has 0 saturated carbocycles. The zero-order chi connectivity index (χ0) is 20.9. The molecule has 0 radical (unpaired) electrons. The lowest BCUT2D eigenvalue weighted by Gasteiger charge is -2.35. The Kier molecular flexibility index (Phi) is 6.27. The summed E-state index contributed by atoms with van der Waals surface area (Å²) in [6.07, 6.45) is -5.30. The Morgan fingerprint density at radius 3 is 2.29 bits per heavy atom. The van der Waals surface area contributed by atoms with Gasteiger partial charge in [-0.15, -0.1) is 0 Å². The second-order valence-corrected chi connectivity index (χ2v) is 5.87. The van der Waals surface area contributed by atoms with Gasteiger partial charge < -0.3 is 15.4 Å². The lowest BCUT2D eigenvalue weighted by Crippen LogP contribution is -2.69. The van der Waals surface area contributed by atoms with Crippen molar-refractivity contribution in [1.82, 2.24) is 5.32 Å². The number of hydrogen-bond donors (Lipinski definition) is 2. The molecule has 0 aliphatic rings. The molecule has 0 aliphatic carbocycles. The second-order valence-electron chi connectivity index (χ2n) is 5.87. The van der Waals surface area contributed by atoms with E-state index in [9.17, 15) is 27.2 Å². The fraction of sp³-hybridized carbons (Fsp3) is 0.263. The van der Waals surface area contributed by atoms with E-state index in [1.807, 2.05) is 5.32 Å². The average molecular weight is 398 g/mol. The van der Waals surface area contributed by atoms with Crippen molar-refractivity contribution in [3.05, 3.63) is 65.5 Å². The van der Waals surface area contributed by atoms with Gasteiger partial charge in [0, 0.05) is 11.3 Å². The van der Waals surface area contributed by atoms with E-state index in [1.54, 1.807) is 11.4 Å². The van der Waals surface area contributed by atoms with Gasteiger partial charge in [-0.2, -0.15) is 13.2 Å². The van der Waals surface area contributed by atoms with Gasteiger partial charge >= 0.3 is 17.8 Å². The summed E-state index contributed by atoms with van der Waals surface area (Å²) in [5.74, 6) is -3.75. The zero-order valence-electron chi connectivity index (χ0n) is 15.1. The van der Waals surface area contributed by atoms with Gasteiger partial charge in [-0.25, -0.2) is 9.18 Å². The van der Waals surface area contributed by atoms with Crippen LogP contribution in [0.25, 0.3) is 0 Å². The number of alkyl halides is 3. The molecule has 0 fully saturated rings. The van der Waals surface area contributed by atoms with Crippen LogP contribution in [-0.4, -0.2) is 30.3 Å². The number of hydrogen-bond acceptors (Lipinski definition) is 4. The molecule has 5 nitrogen and oxygen atoms in total. The topological polar surface area (TPSA) is 67.4 Å². The van der Waals surface area contributed by atoms with Crippen molar-refractivity contribution in [2.45, 2.75) is 25.7 Å². The van der Waals surface area contributed by atoms with E-state index in [0.29, 0.717) is 0 Å². The molecule has 2 aromatic carbocycles. The molecule has 0 heterocycles. The molecule has 0 bridgehead atoms. The molecule has 2 rings (SSSR count). The van der Waals surface area contributed by atoms with E-state index in [0.717, 1.165) is 12.1 Å². The van der Waals surface area contributed by atoms with Gasteiger partial charge in [0.25, 0.3) is 5.91 Å². The SMILES string of the molecule is CCOC(=O)[C@@](NC(=O)c1ccccc1)(Nc1cc(F)ccc1C)C(F)(F)F. The Hall–Kier alpha value is -3.10. The first-order chi connectivity index (χ1) is 13.1. The van der Waals surface area contributed by atoms with Crippen molar-refractivity contribution in [2.75, 3.05) is 11.9 Å². The Morgan fingerprint density at radius 2 is 1.71 bits per heavy atom. The predicted octanol–water partition coefficient (Wildman–Crippen LogP) is 3.80. The predicted molar refractivity (Wildman–Crippen MR) is 94.1 cm³/mol. The minimum atomic E-state index is -5.30. The van der Waals surface area contributed by atoms with E-state index in [-0.39, 0.29) is 23.4 Å². The summed E-state index contributed by atoms with van der Waals surface area (Å²) in [5.41, 5.74) is -3.81. The fourth-order valence-electron chi connectivity index (χ4n) is 2.39. The highest BCUT2D eigenvalue weighted by atomic mass is 19.4. The van der Waals surface area contributed by atoms with Gasteiger partial charge in [-0.05, 0) is 43.7 Å². The van der Waals surface area contributed by atoms with E-state index < -0.39 is 29.5 Å². The molecule has 9 heteroatoms. The summed E-state index contributed by atoms with van der Waals surface area (Å²) >= 11 is 0. The van der Waals surface area contributed by atoms with Crippen molar-refractivity contribution in [1.29, 1.82) is 0 Å². The number of ether oxygens (including phenoxy) is 1. The van der Waals surface area contributed by atoms with Crippen LogP contribution in [0.5, 0.6) is 0 Å². The van der Waals surface area contributed by atoms with E-state index in [4.69, 9.17) is 0 Å². The number of anilines is 1. The van der Waals surface area contributed by atoms with Crippen LogP contribution >= 0.6 is 0 Å². The molecular formula is C19H18F4N2O3. The Morgan fingerprint density at radius 1 is 1.07 bits per heavy atom. The van der Waals surface area contributed by atoms with Gasteiger partial charge in [0.2, 0.25) is 0 Å². The molecule has 28 heavy (non-hydrogen) atoms. The lowest BCUT2D eigenvalue weighted by atomic mass is 10.1. The Labute approximate surface area is 158 Å². The van der Waals surface area contributed by atoms with Crippen molar-refractivity contribution < 1.29 is 31.9 Å². The number of halogens is 4. The summed E-state index contributed by atoms with van der Waals surface area (Å²) in [6.45, 7) is 2.39. The zero-order valence-corrected chi connectivity index (χ0v) is 15.1. The number of aryl methyl sites for hydroxylation is 1. The summed E-state index contributed by atoms with van der Waals surface area (Å²) in [7, 11) is 0. The second kappa shape index (κ2) is 8.28. The van der Waals surface area contributed by atoms with Gasteiger partial charge in [0.1, 0.15) is 5.82 Å². The van der Waals surface area contributed by atoms with Crippen molar-refractivity contribution >= 4 is 17.6 Å². The third kappa shape index (κ3) is 4.41. The summed E-state index contributed by atoms with van der Waals surface area (Å²) < 4.78 is 60.4. The van der Waals surface area contributed by atoms with Crippen molar-refractivity contribution in [3.63, 3.8) is 0 Å². The maximum Gasteiger partial charge on any atom is 0.441 e. The smallest absolute Gasteiger partial charge is 0.441 e. The maximum atomic E-state index is 14.1. The third-order valence-electron chi connectivity index (χ3n) is 3.87. The van der Waals surface area contributed by atoms with Crippen LogP contribution < -0.4 is 10.6 Å². The first-order valence-electron chi connectivity index (χ1n) is 8.26. The Balaban J connectivity index is 2.56. The third-order valence-corrected chi connectivity index (χ3v) is 3.87. The molecule has 0 aromatic heterocycles. The number of nitrogens with one attached hydrogen (secondary N) is 2. The van der Waals surface area contributed by atoms with Crippen LogP contribution in [-0.2, 0) is 9.53 Å². The fourth-order valence-corrected chi connectivity index (χ4v) is 2.39. The maximum absolute atomic E-state index is 14.1. The van der Waals surface area contributed by atoms with Gasteiger partial charge in [-0.1, -0.05) is 24.3 Å². The van der Waals surface area contributed by atoms with E-state index in [1.165, 1.54) is 44.2 Å². The number of benzene rings is 2. The standard InChI is InChI=1S/C19H18F4N2O3/c1-3-28-17(27)18(19(21,22)23,24-15-11-14(20)10-9-12(15)2)25-16(26)13-7-5-4-6-8-13/h4-11,24H,3H2,1-2H3,(H,25,26)/t18-/m0/s1. The highest BCUT2D eigenvalue weighted by Crippen LogP contribution is 2.34. The number of esters is 1. The molecule has 0 unspecified atom stereocenters. The van der Waals surface area contributed by atoms with Crippen LogP contribution in [0.15, 0.2) is 48.5 Å². The summed E-state index contributed by atoms with van der Waals surface area (Å²) in [4.78, 5) is 24.8. The van der Waals surface area contributed by atoms with Crippen LogP contribution in [0.2, 0.25) is 0 Å². The lowest BCUT2D eigenvalue weighted by molar-refractivity contribution is -0.204. The normalized spacial score (nSPS) is 13.4. The molecule has 1 amide bonds. The first-order valence-corrected chi connectivity index (χ1v) is 8.26. The molecule has 0 saturated heterocycles. The summed E-state index contributed by atoms with van der Waals surface area (Å²) in [5, 5.41) is 3.65. The minimum Gasteiger partial charge on any atom is -0.463 e. The monoisotopic (exact) mass is 398 g/mol. The van der Waals surface area contributed by atoms with Crippen LogP contribution in [0.1, 0.15) is 22.8 Å². The molecule has 150 valence electrons. The molecule has 0 spiro atoms. The largest absolute Gasteiger partial charge is 0.463 e. The molecule has 2 aromatic rings. The molecule has 2 N–H and O–H groups in total. The van der Waals surface area contributed by atoms with Crippen LogP contribution in [0, 0.1) is 12.7 Å². The number of carbonyl (C=O) groups excluding carboxylic acids is 2. The van der Waals surface area contributed by atoms with Gasteiger partial charge in [0.05, 0.1) is 6.61 Å². The quantitative estimate of drug-likeness (QED) is 0.441. The average Bonchev–Trinajstić information content (AvgIpc) is 2.64. The van der Waals surface area contributed by atoms with Gasteiger partial charge in [-0.3, -0.25) is 4.79 Å². The number of amides is 1. The number of rotatable bonds is 6. The van der Waals surface area contributed by atoms with Crippen molar-refractivity contribution in [2.24, 2.45) is 0 Å². The first kappa shape index (κ1) is 21.2. The highest BCUT2D eigenvalue weighted by molar-refractivity contribution is 5.99.